The first-order valence-corrected chi connectivity index (χ1v) is 8.47. The number of nitrogens with zero attached hydrogens (tertiary/aromatic N) is 1. The normalized spacial score (nSPS) is 10.9. The Balaban J connectivity index is 1.76. The van der Waals surface area contributed by atoms with Gasteiger partial charge in [-0.15, -0.1) is 23.1 Å². The maximum Gasteiger partial charge on any atom is 0.103 e. The highest BCUT2D eigenvalue weighted by molar-refractivity contribution is 7.98. The Labute approximate surface area is 128 Å². The lowest BCUT2D eigenvalue weighted by Crippen LogP contribution is -2.18. The van der Waals surface area contributed by atoms with E-state index in [1.54, 1.807) is 18.4 Å². The lowest BCUT2D eigenvalue weighted by atomic mass is 10.2. The number of ether oxygens (including phenoxy) is 1. The van der Waals surface area contributed by atoms with Crippen molar-refractivity contribution in [3.05, 3.63) is 45.9 Å². The molecule has 0 fully saturated rings. The van der Waals surface area contributed by atoms with Crippen LogP contribution in [0.2, 0.25) is 0 Å². The van der Waals surface area contributed by atoms with Crippen LogP contribution >= 0.6 is 23.1 Å². The van der Waals surface area contributed by atoms with Crippen LogP contribution in [0.4, 0.5) is 0 Å². The van der Waals surface area contributed by atoms with Gasteiger partial charge in [0.1, 0.15) is 5.01 Å². The summed E-state index contributed by atoms with van der Waals surface area (Å²) in [6, 6.07) is 8.71. The van der Waals surface area contributed by atoms with Gasteiger partial charge in [-0.3, -0.25) is 0 Å². The summed E-state index contributed by atoms with van der Waals surface area (Å²) in [6.45, 7) is 4.56. The first kappa shape index (κ1) is 15.5. The summed E-state index contributed by atoms with van der Waals surface area (Å²) >= 11 is 3.57. The number of methoxy groups -OCH3 is 1. The molecule has 20 heavy (non-hydrogen) atoms. The Morgan fingerprint density at radius 3 is 2.75 bits per heavy atom. The molecule has 0 aliphatic carbocycles. The molecule has 0 aliphatic rings. The van der Waals surface area contributed by atoms with E-state index in [9.17, 15) is 0 Å². The van der Waals surface area contributed by atoms with Crippen molar-refractivity contribution >= 4 is 23.1 Å². The van der Waals surface area contributed by atoms with Crippen molar-refractivity contribution in [1.82, 2.24) is 10.3 Å². The minimum Gasteiger partial charge on any atom is -0.383 e. The molecule has 108 valence electrons. The molecular formula is C15H20N2OS2. The summed E-state index contributed by atoms with van der Waals surface area (Å²) in [4.78, 5) is 5.77. The second-order valence-corrected chi connectivity index (χ2v) is 6.48. The van der Waals surface area contributed by atoms with Crippen LogP contribution < -0.4 is 5.32 Å². The summed E-state index contributed by atoms with van der Waals surface area (Å²) in [5, 5.41) is 6.64. The minimum absolute atomic E-state index is 0.751. The highest BCUT2D eigenvalue weighted by atomic mass is 32.2. The van der Waals surface area contributed by atoms with Crippen LogP contribution in [0.3, 0.4) is 0 Å². The zero-order valence-electron chi connectivity index (χ0n) is 11.9. The molecule has 0 aliphatic heterocycles. The van der Waals surface area contributed by atoms with Gasteiger partial charge in [0.15, 0.2) is 0 Å². The Morgan fingerprint density at radius 2 is 2.10 bits per heavy atom. The molecule has 2 aromatic rings. The third kappa shape index (κ3) is 5.25. The monoisotopic (exact) mass is 308 g/mol. The molecule has 5 heteroatoms. The predicted molar refractivity (Wildman–Crippen MR) is 86.4 cm³/mol. The van der Waals surface area contributed by atoms with Crippen LogP contribution in [0.5, 0.6) is 0 Å². The molecule has 0 bridgehead atoms. The zero-order valence-corrected chi connectivity index (χ0v) is 13.5. The topological polar surface area (TPSA) is 34.1 Å². The van der Waals surface area contributed by atoms with Gasteiger partial charge in [-0.25, -0.2) is 4.98 Å². The van der Waals surface area contributed by atoms with Crippen LogP contribution in [0.15, 0.2) is 34.5 Å². The van der Waals surface area contributed by atoms with Crippen molar-refractivity contribution in [1.29, 1.82) is 0 Å². The summed E-state index contributed by atoms with van der Waals surface area (Å²) in [5.41, 5.74) is 2.42. The molecule has 1 N–H and O–H groups in total. The van der Waals surface area contributed by atoms with Crippen LogP contribution in [0, 0.1) is 6.92 Å². The molecule has 0 atom stereocenters. The fraction of sp³-hybridized carbons (Fsp3) is 0.400. The van der Waals surface area contributed by atoms with E-state index in [0.29, 0.717) is 0 Å². The van der Waals surface area contributed by atoms with Gasteiger partial charge in [0.05, 0.1) is 12.4 Å². The molecule has 0 unspecified atom stereocenters. The van der Waals surface area contributed by atoms with Crippen LogP contribution in [-0.2, 0) is 17.0 Å². The van der Waals surface area contributed by atoms with Gasteiger partial charge < -0.3 is 10.1 Å². The quantitative estimate of drug-likeness (QED) is 0.598. The molecule has 2 rings (SSSR count). The average Bonchev–Trinajstić information content (AvgIpc) is 2.88. The summed E-state index contributed by atoms with van der Waals surface area (Å²) in [5.74, 6) is 0.948. The number of hydrogen-bond acceptors (Lipinski definition) is 5. The van der Waals surface area contributed by atoms with Gasteiger partial charge in [-0.2, -0.15) is 0 Å². The lowest BCUT2D eigenvalue weighted by Gasteiger charge is -2.05. The molecule has 0 amide bonds. The number of benzene rings is 1. The maximum absolute atomic E-state index is 5.00. The standard InChI is InChI=1S/C15H20N2OS2/c1-12-10-20-15(17-12)11-19-14-5-3-13(4-6-14)9-16-7-8-18-2/h3-6,10,16H,7-9,11H2,1-2H3. The first-order chi connectivity index (χ1) is 9.78. The molecule has 0 saturated carbocycles. The first-order valence-electron chi connectivity index (χ1n) is 6.60. The SMILES string of the molecule is COCCNCc1ccc(SCc2nc(C)cs2)cc1. The molecule has 1 aromatic heterocycles. The van der Waals surface area contributed by atoms with Crippen LogP contribution in [0.25, 0.3) is 0 Å². The van der Waals surface area contributed by atoms with E-state index in [0.717, 1.165) is 31.1 Å². The highest BCUT2D eigenvalue weighted by Gasteiger charge is 2.01. The maximum atomic E-state index is 5.00. The summed E-state index contributed by atoms with van der Waals surface area (Å²) in [7, 11) is 1.72. The largest absolute Gasteiger partial charge is 0.383 e. The van der Waals surface area contributed by atoms with Gasteiger partial charge in [-0.05, 0) is 24.6 Å². The minimum atomic E-state index is 0.751. The fourth-order valence-corrected chi connectivity index (χ4v) is 3.41. The number of nitrogens with one attached hydrogen (secondary N) is 1. The van der Waals surface area contributed by atoms with Crippen molar-refractivity contribution in [2.24, 2.45) is 0 Å². The predicted octanol–water partition coefficient (Wildman–Crippen LogP) is 3.48. The molecule has 0 spiro atoms. The van der Waals surface area contributed by atoms with Crippen molar-refractivity contribution in [2.45, 2.75) is 24.1 Å². The number of hydrogen-bond donors (Lipinski definition) is 1. The van der Waals surface area contributed by atoms with E-state index < -0.39 is 0 Å². The molecule has 0 saturated heterocycles. The Bertz CT molecular complexity index is 511. The summed E-state index contributed by atoms with van der Waals surface area (Å²) < 4.78 is 5.00. The highest BCUT2D eigenvalue weighted by Crippen LogP contribution is 2.24. The molecular weight excluding hydrogens is 288 g/mol. The van der Waals surface area contributed by atoms with E-state index in [4.69, 9.17) is 4.74 Å². The zero-order chi connectivity index (χ0) is 14.2. The molecule has 3 nitrogen and oxygen atoms in total. The van der Waals surface area contributed by atoms with Crippen LogP contribution in [-0.4, -0.2) is 25.2 Å². The van der Waals surface area contributed by atoms with Crippen molar-refractivity contribution in [2.75, 3.05) is 20.3 Å². The molecule has 0 radical (unpaired) electrons. The number of thioether (sulfide) groups is 1. The van der Waals surface area contributed by atoms with Crippen molar-refractivity contribution < 1.29 is 4.74 Å². The second-order valence-electron chi connectivity index (χ2n) is 4.48. The van der Waals surface area contributed by atoms with Crippen molar-refractivity contribution in [3.8, 4) is 0 Å². The molecule has 1 heterocycles. The number of aromatic nitrogens is 1. The summed E-state index contributed by atoms with van der Waals surface area (Å²) in [6.07, 6.45) is 0. The third-order valence-corrected chi connectivity index (χ3v) is 4.94. The van der Waals surface area contributed by atoms with Gasteiger partial charge >= 0.3 is 0 Å². The lowest BCUT2D eigenvalue weighted by molar-refractivity contribution is 0.199. The fourth-order valence-electron chi connectivity index (χ4n) is 1.72. The van der Waals surface area contributed by atoms with Crippen molar-refractivity contribution in [3.63, 3.8) is 0 Å². The second kappa shape index (κ2) is 8.42. The third-order valence-electron chi connectivity index (χ3n) is 2.76. The van der Waals surface area contributed by atoms with E-state index >= 15 is 0 Å². The van der Waals surface area contributed by atoms with Crippen LogP contribution in [0.1, 0.15) is 16.3 Å². The molecule has 1 aromatic carbocycles. The van der Waals surface area contributed by atoms with E-state index in [1.165, 1.54) is 15.5 Å². The smallest absolute Gasteiger partial charge is 0.103 e. The number of rotatable bonds is 8. The number of thiazole rings is 1. The van der Waals surface area contributed by atoms with Gasteiger partial charge in [0.2, 0.25) is 0 Å². The van der Waals surface area contributed by atoms with E-state index in [1.807, 2.05) is 18.7 Å². The van der Waals surface area contributed by atoms with E-state index in [-0.39, 0.29) is 0 Å². The van der Waals surface area contributed by atoms with E-state index in [2.05, 4.69) is 39.9 Å². The average molecular weight is 308 g/mol. The Hall–Kier alpha value is -0.880. The number of aryl methyl sites for hydroxylation is 1. The van der Waals surface area contributed by atoms with Gasteiger partial charge in [0.25, 0.3) is 0 Å². The Morgan fingerprint density at radius 1 is 1.30 bits per heavy atom. The van der Waals surface area contributed by atoms with Gasteiger partial charge in [0, 0.05) is 36.2 Å². The Kier molecular flexibility index (Phi) is 6.53. The van der Waals surface area contributed by atoms with Gasteiger partial charge in [-0.1, -0.05) is 12.1 Å².